The SMILES string of the molecule is CC(C)NC(=O)Nc1ncc(Br)cn1. The molecule has 1 aromatic heterocycles. The molecule has 14 heavy (non-hydrogen) atoms. The van der Waals surface area contributed by atoms with Crippen LogP contribution in [0, 0.1) is 0 Å². The normalized spacial score (nSPS) is 10.0. The summed E-state index contributed by atoms with van der Waals surface area (Å²) in [6, 6.07) is -0.215. The fraction of sp³-hybridized carbons (Fsp3) is 0.375. The molecule has 0 aliphatic carbocycles. The van der Waals surface area contributed by atoms with Crippen LogP contribution in [0.5, 0.6) is 0 Å². The second kappa shape index (κ2) is 4.90. The minimum atomic E-state index is -0.303. The number of hydrogen-bond donors (Lipinski definition) is 2. The van der Waals surface area contributed by atoms with E-state index in [0.29, 0.717) is 0 Å². The maximum absolute atomic E-state index is 11.2. The predicted octanol–water partition coefficient (Wildman–Crippen LogP) is 1.77. The van der Waals surface area contributed by atoms with Gasteiger partial charge in [0.2, 0.25) is 5.95 Å². The molecule has 6 heteroatoms. The fourth-order valence-electron chi connectivity index (χ4n) is 0.777. The Kier molecular flexibility index (Phi) is 3.82. The van der Waals surface area contributed by atoms with Gasteiger partial charge < -0.3 is 5.32 Å². The van der Waals surface area contributed by atoms with Gasteiger partial charge in [-0.3, -0.25) is 5.32 Å². The number of anilines is 1. The molecule has 2 amide bonds. The van der Waals surface area contributed by atoms with Gasteiger partial charge in [0.05, 0.1) is 4.47 Å². The monoisotopic (exact) mass is 258 g/mol. The van der Waals surface area contributed by atoms with Crippen molar-refractivity contribution in [1.29, 1.82) is 0 Å². The van der Waals surface area contributed by atoms with E-state index >= 15 is 0 Å². The summed E-state index contributed by atoms with van der Waals surface area (Å²) in [7, 11) is 0. The van der Waals surface area contributed by atoms with Gasteiger partial charge in [-0.1, -0.05) is 0 Å². The van der Waals surface area contributed by atoms with Crippen LogP contribution in [0.15, 0.2) is 16.9 Å². The Morgan fingerprint density at radius 1 is 1.43 bits per heavy atom. The van der Waals surface area contributed by atoms with Gasteiger partial charge in [-0.2, -0.15) is 0 Å². The van der Waals surface area contributed by atoms with Crippen molar-refractivity contribution in [2.24, 2.45) is 0 Å². The van der Waals surface area contributed by atoms with E-state index in [-0.39, 0.29) is 18.0 Å². The summed E-state index contributed by atoms with van der Waals surface area (Å²) in [6.45, 7) is 3.75. The molecule has 1 heterocycles. The zero-order valence-electron chi connectivity index (χ0n) is 7.91. The highest BCUT2D eigenvalue weighted by molar-refractivity contribution is 9.10. The molecule has 1 rings (SSSR count). The lowest BCUT2D eigenvalue weighted by Crippen LogP contribution is -2.34. The standard InChI is InChI=1S/C8H11BrN4O/c1-5(2)12-8(14)13-7-10-3-6(9)4-11-7/h3-5H,1-2H3,(H2,10,11,12,13,14). The average molecular weight is 259 g/mol. The van der Waals surface area contributed by atoms with E-state index in [1.165, 1.54) is 0 Å². The molecule has 0 aromatic carbocycles. The van der Waals surface area contributed by atoms with Gasteiger partial charge in [0.15, 0.2) is 0 Å². The van der Waals surface area contributed by atoms with Gasteiger partial charge in [0, 0.05) is 18.4 Å². The largest absolute Gasteiger partial charge is 0.336 e. The molecule has 0 radical (unpaired) electrons. The Morgan fingerprint density at radius 3 is 2.50 bits per heavy atom. The summed E-state index contributed by atoms with van der Waals surface area (Å²) >= 11 is 3.20. The molecule has 5 nitrogen and oxygen atoms in total. The Bertz CT molecular complexity index is 312. The zero-order chi connectivity index (χ0) is 10.6. The number of rotatable bonds is 2. The number of carbonyl (C=O) groups is 1. The number of nitrogens with one attached hydrogen (secondary N) is 2. The summed E-state index contributed by atoms with van der Waals surface area (Å²) in [5, 5.41) is 5.17. The average Bonchev–Trinajstić information content (AvgIpc) is 2.07. The molecule has 0 saturated heterocycles. The lowest BCUT2D eigenvalue weighted by Gasteiger charge is -2.08. The van der Waals surface area contributed by atoms with E-state index in [4.69, 9.17) is 0 Å². The number of hydrogen-bond acceptors (Lipinski definition) is 3. The zero-order valence-corrected chi connectivity index (χ0v) is 9.50. The third-order valence-electron chi connectivity index (χ3n) is 1.27. The highest BCUT2D eigenvalue weighted by atomic mass is 79.9. The number of carbonyl (C=O) groups excluding carboxylic acids is 1. The van der Waals surface area contributed by atoms with E-state index < -0.39 is 0 Å². The van der Waals surface area contributed by atoms with Crippen LogP contribution < -0.4 is 10.6 Å². The summed E-state index contributed by atoms with van der Waals surface area (Å²) < 4.78 is 0.771. The summed E-state index contributed by atoms with van der Waals surface area (Å²) in [5.74, 6) is 0.284. The van der Waals surface area contributed by atoms with Crippen molar-refractivity contribution in [3.63, 3.8) is 0 Å². The Balaban J connectivity index is 2.52. The van der Waals surface area contributed by atoms with Crippen LogP contribution in [0.3, 0.4) is 0 Å². The van der Waals surface area contributed by atoms with Crippen LogP contribution in [0.4, 0.5) is 10.7 Å². The van der Waals surface area contributed by atoms with Crippen molar-refractivity contribution >= 4 is 27.9 Å². The lowest BCUT2D eigenvalue weighted by molar-refractivity contribution is 0.250. The van der Waals surface area contributed by atoms with Gasteiger partial charge in [-0.15, -0.1) is 0 Å². The molecule has 0 bridgehead atoms. The van der Waals surface area contributed by atoms with Crippen LogP contribution in [0.1, 0.15) is 13.8 Å². The smallest absolute Gasteiger partial charge is 0.321 e. The lowest BCUT2D eigenvalue weighted by atomic mass is 10.4. The molecule has 0 spiro atoms. The van der Waals surface area contributed by atoms with Crippen molar-refractivity contribution in [3.8, 4) is 0 Å². The molecule has 0 fully saturated rings. The van der Waals surface area contributed by atoms with Crippen LogP contribution in [0.25, 0.3) is 0 Å². The molecule has 1 aromatic rings. The first-order valence-corrected chi connectivity index (χ1v) is 4.92. The quantitative estimate of drug-likeness (QED) is 0.850. The molecule has 0 aliphatic heterocycles. The van der Waals surface area contributed by atoms with Crippen molar-refractivity contribution in [3.05, 3.63) is 16.9 Å². The molecule has 0 saturated carbocycles. The van der Waals surface area contributed by atoms with Crippen molar-refractivity contribution in [1.82, 2.24) is 15.3 Å². The summed E-state index contributed by atoms with van der Waals surface area (Å²) in [5.41, 5.74) is 0. The van der Waals surface area contributed by atoms with E-state index in [2.05, 4.69) is 36.5 Å². The van der Waals surface area contributed by atoms with Gasteiger partial charge in [0.1, 0.15) is 0 Å². The second-order valence-corrected chi connectivity index (χ2v) is 3.89. The summed E-state index contributed by atoms with van der Waals surface area (Å²) in [4.78, 5) is 19.0. The van der Waals surface area contributed by atoms with Crippen molar-refractivity contribution in [2.45, 2.75) is 19.9 Å². The maximum atomic E-state index is 11.2. The number of amides is 2. The first-order chi connectivity index (χ1) is 6.58. The van der Waals surface area contributed by atoms with Gasteiger partial charge in [0.25, 0.3) is 0 Å². The molecular weight excluding hydrogens is 248 g/mol. The Labute approximate surface area is 90.5 Å². The first-order valence-electron chi connectivity index (χ1n) is 4.13. The van der Waals surface area contributed by atoms with Crippen LogP contribution in [-0.2, 0) is 0 Å². The molecule has 0 unspecified atom stereocenters. The van der Waals surface area contributed by atoms with Crippen LogP contribution in [-0.4, -0.2) is 22.0 Å². The molecule has 0 aliphatic rings. The Hall–Kier alpha value is -1.17. The maximum Gasteiger partial charge on any atom is 0.321 e. The predicted molar refractivity (Wildman–Crippen MR) is 57.0 cm³/mol. The van der Waals surface area contributed by atoms with E-state index in [1.54, 1.807) is 12.4 Å². The van der Waals surface area contributed by atoms with Gasteiger partial charge in [-0.05, 0) is 29.8 Å². The number of halogens is 1. The molecule has 76 valence electrons. The second-order valence-electron chi connectivity index (χ2n) is 2.98. The topological polar surface area (TPSA) is 66.9 Å². The van der Waals surface area contributed by atoms with Crippen LogP contribution in [0.2, 0.25) is 0 Å². The van der Waals surface area contributed by atoms with Gasteiger partial charge >= 0.3 is 6.03 Å². The number of aromatic nitrogens is 2. The number of urea groups is 1. The highest BCUT2D eigenvalue weighted by Crippen LogP contribution is 2.06. The first kappa shape index (κ1) is 10.9. The minimum Gasteiger partial charge on any atom is -0.336 e. The number of nitrogens with zero attached hydrogens (tertiary/aromatic N) is 2. The van der Waals surface area contributed by atoms with Crippen molar-refractivity contribution in [2.75, 3.05) is 5.32 Å². The van der Waals surface area contributed by atoms with Crippen molar-refractivity contribution < 1.29 is 4.79 Å². The fourth-order valence-corrected chi connectivity index (χ4v) is 0.981. The third-order valence-corrected chi connectivity index (χ3v) is 1.67. The molecular formula is C8H11BrN4O. The van der Waals surface area contributed by atoms with Crippen LogP contribution >= 0.6 is 15.9 Å². The molecule has 2 N–H and O–H groups in total. The highest BCUT2D eigenvalue weighted by Gasteiger charge is 2.04. The summed E-state index contributed by atoms with van der Waals surface area (Å²) in [6.07, 6.45) is 3.13. The van der Waals surface area contributed by atoms with Gasteiger partial charge in [-0.25, -0.2) is 14.8 Å². The van der Waals surface area contributed by atoms with E-state index in [0.717, 1.165) is 4.47 Å². The third kappa shape index (κ3) is 3.69. The minimum absolute atomic E-state index is 0.0884. The molecule has 0 atom stereocenters. The Morgan fingerprint density at radius 2 is 2.00 bits per heavy atom. The van der Waals surface area contributed by atoms with E-state index in [1.807, 2.05) is 13.8 Å². The van der Waals surface area contributed by atoms with E-state index in [9.17, 15) is 4.79 Å².